The summed E-state index contributed by atoms with van der Waals surface area (Å²) in [6.07, 6.45) is -2.92. The van der Waals surface area contributed by atoms with E-state index in [4.69, 9.17) is 22.1 Å². The highest BCUT2D eigenvalue weighted by atomic mass is 35.5. The van der Waals surface area contributed by atoms with Crippen LogP contribution in [0.5, 0.6) is 0 Å². The Balaban J connectivity index is 3.40. The molecule has 6 heteroatoms. The van der Waals surface area contributed by atoms with Crippen molar-refractivity contribution in [3.8, 4) is 12.1 Å². The summed E-state index contributed by atoms with van der Waals surface area (Å²) in [6.45, 7) is 0. The van der Waals surface area contributed by atoms with E-state index in [-0.39, 0.29) is 29.1 Å². The zero-order valence-corrected chi connectivity index (χ0v) is 8.80. The van der Waals surface area contributed by atoms with Crippen molar-refractivity contribution in [2.45, 2.75) is 18.7 Å². The number of alkyl halides is 3. The average Bonchev–Trinajstić information content (AvgIpc) is 2.28. The van der Waals surface area contributed by atoms with Gasteiger partial charge in [-0.05, 0) is 6.07 Å². The summed E-state index contributed by atoms with van der Waals surface area (Å²) in [6, 6.07) is 4.87. The van der Waals surface area contributed by atoms with E-state index >= 15 is 0 Å². The van der Waals surface area contributed by atoms with Gasteiger partial charge in [-0.25, -0.2) is 8.78 Å². The van der Waals surface area contributed by atoms with Gasteiger partial charge in [0.05, 0.1) is 35.7 Å². The van der Waals surface area contributed by atoms with Gasteiger partial charge in [-0.15, -0.1) is 11.6 Å². The Labute approximate surface area is 95.9 Å². The SMILES string of the molecule is N#CCc1cc(C#N)c(CCl)c(C(F)F)n1. The normalized spacial score (nSPS) is 9.88. The molecule has 0 bridgehead atoms. The molecule has 82 valence electrons. The number of aromatic nitrogens is 1. The van der Waals surface area contributed by atoms with E-state index in [1.165, 1.54) is 6.07 Å². The topological polar surface area (TPSA) is 60.5 Å². The van der Waals surface area contributed by atoms with Gasteiger partial charge in [-0.1, -0.05) is 0 Å². The second-order valence-corrected chi connectivity index (χ2v) is 3.17. The van der Waals surface area contributed by atoms with Crippen molar-refractivity contribution < 1.29 is 8.78 Å². The number of halogens is 3. The summed E-state index contributed by atoms with van der Waals surface area (Å²) in [5, 5.41) is 17.2. The van der Waals surface area contributed by atoms with E-state index in [0.717, 1.165) is 0 Å². The molecule has 0 saturated carbocycles. The molecular weight excluding hydrogens is 236 g/mol. The van der Waals surface area contributed by atoms with Crippen LogP contribution in [0, 0.1) is 22.7 Å². The van der Waals surface area contributed by atoms with Crippen LogP contribution in [0.15, 0.2) is 6.07 Å². The zero-order chi connectivity index (χ0) is 12.1. The van der Waals surface area contributed by atoms with Crippen molar-refractivity contribution in [3.63, 3.8) is 0 Å². The summed E-state index contributed by atoms with van der Waals surface area (Å²) in [5.41, 5.74) is -0.283. The second kappa shape index (κ2) is 5.39. The predicted octanol–water partition coefficient (Wildman–Crippen LogP) is 2.70. The van der Waals surface area contributed by atoms with Crippen LogP contribution < -0.4 is 0 Å². The van der Waals surface area contributed by atoms with Crippen LogP contribution in [0.2, 0.25) is 0 Å². The number of rotatable bonds is 3. The van der Waals surface area contributed by atoms with Gasteiger partial charge < -0.3 is 0 Å². The van der Waals surface area contributed by atoms with E-state index in [1.807, 2.05) is 0 Å². The third-order valence-corrected chi connectivity index (χ3v) is 2.20. The lowest BCUT2D eigenvalue weighted by atomic mass is 10.1. The Morgan fingerprint density at radius 3 is 2.56 bits per heavy atom. The molecule has 0 aromatic carbocycles. The van der Waals surface area contributed by atoms with E-state index in [9.17, 15) is 8.78 Å². The lowest BCUT2D eigenvalue weighted by Gasteiger charge is -2.08. The smallest absolute Gasteiger partial charge is 0.250 e. The highest BCUT2D eigenvalue weighted by Crippen LogP contribution is 2.25. The molecule has 0 aliphatic heterocycles. The van der Waals surface area contributed by atoms with Gasteiger partial charge in [-0.3, -0.25) is 4.98 Å². The molecule has 0 radical (unpaired) electrons. The van der Waals surface area contributed by atoms with E-state index in [0.29, 0.717) is 0 Å². The molecule has 3 nitrogen and oxygen atoms in total. The maximum atomic E-state index is 12.6. The molecule has 0 aliphatic rings. The maximum absolute atomic E-state index is 12.6. The highest BCUT2D eigenvalue weighted by molar-refractivity contribution is 6.17. The quantitative estimate of drug-likeness (QED) is 0.765. The van der Waals surface area contributed by atoms with Crippen molar-refractivity contribution in [1.82, 2.24) is 4.98 Å². The molecule has 0 saturated heterocycles. The lowest BCUT2D eigenvalue weighted by molar-refractivity contribution is 0.145. The molecule has 0 atom stereocenters. The Morgan fingerprint density at radius 2 is 2.12 bits per heavy atom. The van der Waals surface area contributed by atoms with Crippen molar-refractivity contribution in [3.05, 3.63) is 28.6 Å². The molecule has 0 amide bonds. The van der Waals surface area contributed by atoms with Gasteiger partial charge in [-0.2, -0.15) is 10.5 Å². The van der Waals surface area contributed by atoms with Crippen molar-refractivity contribution in [1.29, 1.82) is 10.5 Å². The Morgan fingerprint density at radius 1 is 1.44 bits per heavy atom. The van der Waals surface area contributed by atoms with E-state index in [2.05, 4.69) is 4.98 Å². The molecule has 0 fully saturated rings. The Bertz CT molecular complexity index is 474. The van der Waals surface area contributed by atoms with Crippen LogP contribution in [0.4, 0.5) is 8.78 Å². The zero-order valence-electron chi connectivity index (χ0n) is 8.04. The summed E-state index contributed by atoms with van der Waals surface area (Å²) in [7, 11) is 0. The number of hydrogen-bond donors (Lipinski definition) is 0. The van der Waals surface area contributed by atoms with Crippen molar-refractivity contribution in [2.75, 3.05) is 0 Å². The predicted molar refractivity (Wildman–Crippen MR) is 52.8 cm³/mol. The number of nitrogens with zero attached hydrogens (tertiary/aromatic N) is 3. The van der Waals surface area contributed by atoms with Crippen molar-refractivity contribution >= 4 is 11.6 Å². The van der Waals surface area contributed by atoms with Gasteiger partial charge in [0.15, 0.2) is 0 Å². The standard InChI is InChI=1S/C10H6ClF2N3/c11-4-8-6(5-15)3-7(1-2-14)16-9(8)10(12)13/h3,10H,1,4H2. The fourth-order valence-corrected chi connectivity index (χ4v) is 1.52. The first-order chi connectivity index (χ1) is 7.63. The number of hydrogen-bond acceptors (Lipinski definition) is 3. The minimum atomic E-state index is -2.81. The third kappa shape index (κ3) is 2.44. The highest BCUT2D eigenvalue weighted by Gasteiger charge is 2.19. The van der Waals surface area contributed by atoms with Crippen LogP contribution in [-0.4, -0.2) is 4.98 Å². The molecule has 1 rings (SSSR count). The first-order valence-corrected chi connectivity index (χ1v) is 4.81. The third-order valence-electron chi connectivity index (χ3n) is 1.93. The van der Waals surface area contributed by atoms with Gasteiger partial charge >= 0.3 is 0 Å². The second-order valence-electron chi connectivity index (χ2n) is 2.91. The molecule has 0 unspecified atom stereocenters. The number of pyridine rings is 1. The molecule has 0 aliphatic carbocycles. The van der Waals surface area contributed by atoms with Crippen LogP contribution in [0.25, 0.3) is 0 Å². The van der Waals surface area contributed by atoms with Crippen molar-refractivity contribution in [2.24, 2.45) is 0 Å². The average molecular weight is 242 g/mol. The molecule has 1 aromatic rings. The fraction of sp³-hybridized carbons (Fsp3) is 0.300. The van der Waals surface area contributed by atoms with Gasteiger partial charge in [0.2, 0.25) is 0 Å². The largest absolute Gasteiger partial charge is 0.280 e. The minimum absolute atomic E-state index is 0.0286. The van der Waals surface area contributed by atoms with E-state index < -0.39 is 12.1 Å². The monoisotopic (exact) mass is 241 g/mol. The van der Waals surface area contributed by atoms with Gasteiger partial charge in [0, 0.05) is 5.56 Å². The lowest BCUT2D eigenvalue weighted by Crippen LogP contribution is -2.04. The first kappa shape index (κ1) is 12.4. The molecular formula is C10H6ClF2N3. The summed E-state index contributed by atoms with van der Waals surface area (Å²) >= 11 is 5.50. The number of nitriles is 2. The summed E-state index contributed by atoms with van der Waals surface area (Å²) in [4.78, 5) is 3.63. The van der Waals surface area contributed by atoms with Crippen LogP contribution >= 0.6 is 11.6 Å². The van der Waals surface area contributed by atoms with Gasteiger partial charge in [0.1, 0.15) is 5.69 Å². The molecule has 1 aromatic heterocycles. The Kier molecular flexibility index (Phi) is 4.16. The Hall–Kier alpha value is -1.72. The minimum Gasteiger partial charge on any atom is -0.250 e. The maximum Gasteiger partial charge on any atom is 0.280 e. The molecule has 0 spiro atoms. The van der Waals surface area contributed by atoms with Crippen LogP contribution in [-0.2, 0) is 12.3 Å². The first-order valence-electron chi connectivity index (χ1n) is 4.27. The van der Waals surface area contributed by atoms with E-state index in [1.54, 1.807) is 12.1 Å². The molecule has 16 heavy (non-hydrogen) atoms. The fourth-order valence-electron chi connectivity index (χ4n) is 1.24. The molecule has 0 N–H and O–H groups in total. The molecule has 1 heterocycles. The van der Waals surface area contributed by atoms with Crippen LogP contribution in [0.3, 0.4) is 0 Å². The van der Waals surface area contributed by atoms with Gasteiger partial charge in [0.25, 0.3) is 6.43 Å². The summed E-state index contributed by atoms with van der Waals surface area (Å²) < 4.78 is 25.3. The summed E-state index contributed by atoms with van der Waals surface area (Å²) in [5.74, 6) is -0.206. The van der Waals surface area contributed by atoms with Crippen LogP contribution in [0.1, 0.15) is 28.9 Å².